The van der Waals surface area contributed by atoms with Gasteiger partial charge in [0, 0.05) is 15.8 Å². The average molecular weight is 543 g/mol. The van der Waals surface area contributed by atoms with Crippen LogP contribution in [0.3, 0.4) is 0 Å². The van der Waals surface area contributed by atoms with E-state index in [0.717, 1.165) is 97.7 Å². The molecule has 7 nitrogen and oxygen atoms in total. The van der Waals surface area contributed by atoms with E-state index in [9.17, 15) is 14.4 Å². The summed E-state index contributed by atoms with van der Waals surface area (Å²) in [6.07, 6.45) is 12.3. The molecule has 0 saturated heterocycles. The zero-order valence-electron chi connectivity index (χ0n) is 20.2. The first-order chi connectivity index (χ1) is 17.5. The number of thiophene rings is 2. The van der Waals surface area contributed by atoms with Gasteiger partial charge in [0.25, 0.3) is 11.5 Å². The molecule has 3 aromatic heterocycles. The number of nitrogens with zero attached hydrogens (tertiary/aromatic N) is 2. The Hall–Kier alpha value is -2.17. The summed E-state index contributed by atoms with van der Waals surface area (Å²) in [4.78, 5) is 47.2. The number of carbonyl (C=O) groups excluding carboxylic acids is 2. The van der Waals surface area contributed by atoms with Crippen LogP contribution in [0.2, 0.25) is 0 Å². The molecule has 3 heterocycles. The number of hydrogen-bond acceptors (Lipinski definition) is 7. The molecule has 3 N–H and O–H groups in total. The van der Waals surface area contributed by atoms with E-state index in [1.165, 1.54) is 33.5 Å². The van der Waals surface area contributed by atoms with Gasteiger partial charge < -0.3 is 11.1 Å². The maximum absolute atomic E-state index is 13.8. The molecule has 6 rings (SSSR count). The van der Waals surface area contributed by atoms with E-state index in [1.54, 1.807) is 11.3 Å². The van der Waals surface area contributed by atoms with Gasteiger partial charge in [-0.2, -0.15) is 0 Å². The van der Waals surface area contributed by atoms with Gasteiger partial charge in [0.15, 0.2) is 5.16 Å². The highest BCUT2D eigenvalue weighted by Gasteiger charge is 2.28. The lowest BCUT2D eigenvalue weighted by Crippen LogP contribution is -2.27. The van der Waals surface area contributed by atoms with Gasteiger partial charge in [-0.25, -0.2) is 4.98 Å². The summed E-state index contributed by atoms with van der Waals surface area (Å²) in [6.45, 7) is 0. The zero-order valence-corrected chi connectivity index (χ0v) is 22.6. The Morgan fingerprint density at radius 2 is 1.64 bits per heavy atom. The Morgan fingerprint density at radius 3 is 2.36 bits per heavy atom. The smallest absolute Gasteiger partial charge is 0.263 e. The van der Waals surface area contributed by atoms with E-state index in [0.29, 0.717) is 15.7 Å². The molecule has 0 bridgehead atoms. The second-order valence-corrected chi connectivity index (χ2v) is 13.1. The third-order valence-corrected chi connectivity index (χ3v) is 11.0. The number of nitrogens with two attached hydrogens (primary N) is 1. The van der Waals surface area contributed by atoms with Gasteiger partial charge in [0.05, 0.1) is 16.7 Å². The minimum absolute atomic E-state index is 0.0659. The third-order valence-electron chi connectivity index (χ3n) is 7.68. The van der Waals surface area contributed by atoms with Crippen LogP contribution in [0.5, 0.6) is 0 Å². The molecule has 2 amide bonds. The van der Waals surface area contributed by atoms with E-state index < -0.39 is 5.91 Å². The molecular formula is C26H30N4O3S3. The van der Waals surface area contributed by atoms with E-state index >= 15 is 0 Å². The fraction of sp³-hybridized carbons (Fsp3) is 0.538. The van der Waals surface area contributed by atoms with Crippen LogP contribution in [0.25, 0.3) is 10.2 Å². The number of thioether (sulfide) groups is 1. The predicted octanol–water partition coefficient (Wildman–Crippen LogP) is 5.22. The van der Waals surface area contributed by atoms with Crippen LogP contribution < -0.4 is 16.6 Å². The van der Waals surface area contributed by atoms with E-state index in [-0.39, 0.29) is 23.3 Å². The predicted molar refractivity (Wildman–Crippen MR) is 147 cm³/mol. The molecule has 0 radical (unpaired) electrons. The number of primary amides is 1. The molecule has 0 aromatic carbocycles. The first-order valence-electron chi connectivity index (χ1n) is 12.9. The molecule has 3 aliphatic carbocycles. The van der Waals surface area contributed by atoms with Crippen LogP contribution in [0.1, 0.15) is 88.6 Å². The maximum atomic E-state index is 13.8. The van der Waals surface area contributed by atoms with Gasteiger partial charge in [-0.1, -0.05) is 24.6 Å². The molecule has 3 aliphatic rings. The molecule has 0 aliphatic heterocycles. The van der Waals surface area contributed by atoms with Crippen LogP contribution in [-0.2, 0) is 30.5 Å². The highest BCUT2D eigenvalue weighted by atomic mass is 32.2. The van der Waals surface area contributed by atoms with Crippen molar-refractivity contribution in [2.24, 2.45) is 5.73 Å². The second-order valence-electron chi connectivity index (χ2n) is 10.0. The third kappa shape index (κ3) is 4.31. The summed E-state index contributed by atoms with van der Waals surface area (Å²) in [5.74, 6) is -0.573. The molecule has 3 aromatic rings. The van der Waals surface area contributed by atoms with Crippen molar-refractivity contribution < 1.29 is 9.59 Å². The van der Waals surface area contributed by atoms with Crippen molar-refractivity contribution in [3.8, 4) is 0 Å². The normalized spacial score (nSPS) is 17.8. The van der Waals surface area contributed by atoms with Crippen molar-refractivity contribution in [3.05, 3.63) is 36.8 Å². The Morgan fingerprint density at radius 1 is 0.972 bits per heavy atom. The Kier molecular flexibility index (Phi) is 6.68. The monoisotopic (exact) mass is 542 g/mol. The van der Waals surface area contributed by atoms with Gasteiger partial charge >= 0.3 is 0 Å². The van der Waals surface area contributed by atoms with Crippen LogP contribution >= 0.6 is 34.4 Å². The number of carbonyl (C=O) groups is 2. The lowest BCUT2D eigenvalue weighted by atomic mass is 9.95. The molecule has 0 atom stereocenters. The van der Waals surface area contributed by atoms with Crippen LogP contribution in [0.4, 0.5) is 5.00 Å². The Bertz CT molecular complexity index is 1410. The first-order valence-corrected chi connectivity index (χ1v) is 15.6. The Balaban J connectivity index is 1.29. The SMILES string of the molecule is NC(=O)c1c(NC(=O)CSc2nc3sc4c(c3c(=O)n2C2CCCC2)CCCC4)sc2c1CCCC2. The topological polar surface area (TPSA) is 107 Å². The lowest BCUT2D eigenvalue weighted by Gasteiger charge is -2.18. The second kappa shape index (κ2) is 9.95. The van der Waals surface area contributed by atoms with Gasteiger partial charge in [-0.15, -0.1) is 22.7 Å². The molecule has 36 heavy (non-hydrogen) atoms. The van der Waals surface area contributed by atoms with Crippen molar-refractivity contribution in [3.63, 3.8) is 0 Å². The molecule has 0 spiro atoms. The van der Waals surface area contributed by atoms with Crippen LogP contribution in [-0.4, -0.2) is 27.1 Å². The number of nitrogens with one attached hydrogen (secondary N) is 1. The molecule has 190 valence electrons. The van der Waals surface area contributed by atoms with Gasteiger partial charge in [0.1, 0.15) is 9.83 Å². The van der Waals surface area contributed by atoms with Crippen molar-refractivity contribution in [1.82, 2.24) is 9.55 Å². The standard InChI is InChI=1S/C26H30N4O3S3/c27-22(32)20-15-9-3-5-11-17(15)35-23(20)28-19(31)13-34-26-29-24-21(16-10-4-6-12-18(16)36-24)25(33)30(26)14-7-1-2-8-14/h14H,1-13H2,(H2,27,32)(H,28,31). The van der Waals surface area contributed by atoms with Crippen LogP contribution in [0.15, 0.2) is 9.95 Å². The number of hydrogen-bond donors (Lipinski definition) is 2. The van der Waals surface area contributed by atoms with Crippen molar-refractivity contribution in [2.75, 3.05) is 11.1 Å². The average Bonchev–Trinajstić information content (AvgIpc) is 3.59. The highest BCUT2D eigenvalue weighted by molar-refractivity contribution is 7.99. The van der Waals surface area contributed by atoms with Crippen LogP contribution in [0, 0.1) is 0 Å². The molecule has 1 saturated carbocycles. The summed E-state index contributed by atoms with van der Waals surface area (Å²) in [6, 6.07) is 0.143. The zero-order chi connectivity index (χ0) is 24.8. The largest absolute Gasteiger partial charge is 0.365 e. The quantitative estimate of drug-likeness (QED) is 0.328. The minimum atomic E-state index is -0.485. The minimum Gasteiger partial charge on any atom is -0.365 e. The molecule has 1 fully saturated rings. The maximum Gasteiger partial charge on any atom is 0.263 e. The number of amides is 2. The van der Waals surface area contributed by atoms with E-state index in [2.05, 4.69) is 5.32 Å². The summed E-state index contributed by atoms with van der Waals surface area (Å²) in [5, 5.41) is 4.95. The summed E-state index contributed by atoms with van der Waals surface area (Å²) in [7, 11) is 0. The fourth-order valence-corrected chi connectivity index (χ4v) is 9.47. The van der Waals surface area contributed by atoms with Crippen molar-refractivity contribution >= 4 is 61.5 Å². The van der Waals surface area contributed by atoms with E-state index in [1.807, 2.05) is 4.57 Å². The van der Waals surface area contributed by atoms with Crippen molar-refractivity contribution in [2.45, 2.75) is 88.2 Å². The highest BCUT2D eigenvalue weighted by Crippen LogP contribution is 2.39. The number of rotatable bonds is 6. The number of aromatic nitrogens is 2. The molecule has 10 heteroatoms. The van der Waals surface area contributed by atoms with Gasteiger partial charge in [-0.05, 0) is 75.3 Å². The summed E-state index contributed by atoms with van der Waals surface area (Å²) < 4.78 is 1.88. The van der Waals surface area contributed by atoms with Crippen molar-refractivity contribution in [1.29, 1.82) is 0 Å². The number of fused-ring (bicyclic) bond motifs is 4. The summed E-state index contributed by atoms with van der Waals surface area (Å²) >= 11 is 4.44. The first kappa shape index (κ1) is 24.2. The van der Waals surface area contributed by atoms with Gasteiger partial charge in [0.2, 0.25) is 5.91 Å². The number of anilines is 1. The molecular weight excluding hydrogens is 513 g/mol. The fourth-order valence-electron chi connectivity index (χ4n) is 5.99. The summed E-state index contributed by atoms with van der Waals surface area (Å²) in [5.41, 5.74) is 8.44. The molecule has 0 unspecified atom stereocenters. The number of aryl methyl sites for hydroxylation is 3. The van der Waals surface area contributed by atoms with Gasteiger partial charge in [-0.3, -0.25) is 19.0 Å². The van der Waals surface area contributed by atoms with E-state index in [4.69, 9.17) is 10.7 Å². The Labute approximate surface area is 221 Å². The lowest BCUT2D eigenvalue weighted by molar-refractivity contribution is -0.113.